The van der Waals surface area contributed by atoms with E-state index in [2.05, 4.69) is 10.4 Å². The van der Waals surface area contributed by atoms with Crippen LogP contribution in [-0.2, 0) is 4.74 Å². The van der Waals surface area contributed by atoms with Crippen molar-refractivity contribution >= 4 is 10.9 Å². The normalized spacial score (nSPS) is 14.0. The number of fused-ring (bicyclic) bond motifs is 1. The number of nitrogens with one attached hydrogen (secondary N) is 1. The Hall–Kier alpha value is -2.70. The molecule has 0 amide bonds. The summed E-state index contributed by atoms with van der Waals surface area (Å²) < 4.78 is 7.25. The highest BCUT2D eigenvalue weighted by Crippen LogP contribution is 2.31. The fourth-order valence-corrected chi connectivity index (χ4v) is 3.19. The molecule has 6 nitrogen and oxygen atoms in total. The van der Waals surface area contributed by atoms with Crippen LogP contribution in [-0.4, -0.2) is 27.9 Å². The van der Waals surface area contributed by atoms with Crippen molar-refractivity contribution in [3.8, 4) is 0 Å². The van der Waals surface area contributed by atoms with Crippen LogP contribution in [0.5, 0.6) is 0 Å². The monoisotopic (exact) mass is 395 g/mol. The fourth-order valence-electron chi connectivity index (χ4n) is 3.19. The Labute approximate surface area is 171 Å². The summed E-state index contributed by atoms with van der Waals surface area (Å²) in [7, 11) is 0. The molecule has 2 aromatic carbocycles. The number of benzene rings is 2. The Kier molecular flexibility index (Phi) is 6.35. The van der Waals surface area contributed by atoms with Crippen LogP contribution in [0, 0.1) is 5.41 Å². The molecule has 0 fully saturated rings. The summed E-state index contributed by atoms with van der Waals surface area (Å²) in [6, 6.07) is 17.0. The van der Waals surface area contributed by atoms with Gasteiger partial charge in [0.15, 0.2) is 5.82 Å². The molecule has 2 N–H and O–H groups in total. The maximum atomic E-state index is 13.2. The van der Waals surface area contributed by atoms with Gasteiger partial charge in [-0.05, 0) is 30.0 Å². The van der Waals surface area contributed by atoms with Crippen LogP contribution in [0.1, 0.15) is 51.3 Å². The average molecular weight is 396 g/mol. The Bertz CT molecular complexity index is 1010. The van der Waals surface area contributed by atoms with E-state index in [1.807, 2.05) is 70.2 Å². The third kappa shape index (κ3) is 4.66. The SMILES string of the molecule is CCOC(CNn1c([C@@H](O)C(C)(C)C)nc2ccccc2c1=O)c1ccccc1. The van der Waals surface area contributed by atoms with Gasteiger partial charge < -0.3 is 15.3 Å². The van der Waals surface area contributed by atoms with Gasteiger partial charge in [-0.3, -0.25) is 4.79 Å². The molecule has 1 heterocycles. The van der Waals surface area contributed by atoms with E-state index in [9.17, 15) is 9.90 Å². The summed E-state index contributed by atoms with van der Waals surface area (Å²) in [4.78, 5) is 17.8. The van der Waals surface area contributed by atoms with E-state index < -0.39 is 11.5 Å². The second-order valence-corrected chi connectivity index (χ2v) is 8.11. The third-order valence-corrected chi connectivity index (χ3v) is 4.84. The Balaban J connectivity index is 2.02. The summed E-state index contributed by atoms with van der Waals surface area (Å²) in [6.45, 7) is 8.59. The smallest absolute Gasteiger partial charge is 0.280 e. The number of hydrogen-bond donors (Lipinski definition) is 2. The molecule has 1 unspecified atom stereocenters. The lowest BCUT2D eigenvalue weighted by molar-refractivity contribution is 0.0498. The van der Waals surface area contributed by atoms with E-state index in [1.54, 1.807) is 12.1 Å². The molecule has 3 aromatic rings. The summed E-state index contributed by atoms with van der Waals surface area (Å²) in [5.41, 5.74) is 4.03. The first-order valence-corrected chi connectivity index (χ1v) is 9.93. The minimum atomic E-state index is -0.922. The predicted octanol–water partition coefficient (Wildman–Crippen LogP) is 3.80. The fraction of sp³-hybridized carbons (Fsp3) is 0.391. The highest BCUT2D eigenvalue weighted by Gasteiger charge is 2.29. The predicted molar refractivity (Wildman–Crippen MR) is 115 cm³/mol. The third-order valence-electron chi connectivity index (χ3n) is 4.84. The lowest BCUT2D eigenvalue weighted by Gasteiger charge is -2.28. The molecule has 0 spiro atoms. The molecule has 0 radical (unpaired) electrons. The van der Waals surface area contributed by atoms with E-state index >= 15 is 0 Å². The van der Waals surface area contributed by atoms with Crippen LogP contribution in [0.4, 0.5) is 0 Å². The van der Waals surface area contributed by atoms with Gasteiger partial charge >= 0.3 is 0 Å². The standard InChI is InChI=1S/C23H29N3O3/c1-5-29-19(16-11-7-6-8-12-16)15-24-26-21(20(27)23(2,3)4)25-18-14-10-9-13-17(18)22(26)28/h6-14,19-20,24,27H,5,15H2,1-4H3/t19?,20-/m1/s1. The first kappa shape index (κ1) is 21.0. The largest absolute Gasteiger partial charge is 0.385 e. The van der Waals surface area contributed by atoms with Crippen molar-refractivity contribution in [2.75, 3.05) is 18.6 Å². The minimum absolute atomic E-state index is 0.237. The van der Waals surface area contributed by atoms with Crippen molar-refractivity contribution in [1.82, 2.24) is 9.66 Å². The number of aliphatic hydroxyl groups excluding tert-OH is 1. The quantitative estimate of drug-likeness (QED) is 0.636. The lowest BCUT2D eigenvalue weighted by atomic mass is 9.88. The van der Waals surface area contributed by atoms with E-state index in [4.69, 9.17) is 4.74 Å². The van der Waals surface area contributed by atoms with E-state index in [0.717, 1.165) is 5.56 Å². The highest BCUT2D eigenvalue weighted by molar-refractivity contribution is 5.77. The molecule has 0 bridgehead atoms. The second kappa shape index (κ2) is 8.76. The zero-order valence-corrected chi connectivity index (χ0v) is 17.4. The van der Waals surface area contributed by atoms with Crippen LogP contribution in [0.2, 0.25) is 0 Å². The number of para-hydroxylation sites is 1. The van der Waals surface area contributed by atoms with Gasteiger partial charge in [-0.15, -0.1) is 0 Å². The van der Waals surface area contributed by atoms with E-state index in [0.29, 0.717) is 29.9 Å². The van der Waals surface area contributed by atoms with Crippen LogP contribution in [0.15, 0.2) is 59.4 Å². The number of rotatable bonds is 7. The van der Waals surface area contributed by atoms with Crippen molar-refractivity contribution < 1.29 is 9.84 Å². The van der Waals surface area contributed by atoms with Crippen molar-refractivity contribution in [3.05, 3.63) is 76.3 Å². The summed E-state index contributed by atoms with van der Waals surface area (Å²) >= 11 is 0. The van der Waals surface area contributed by atoms with Crippen molar-refractivity contribution in [2.24, 2.45) is 5.41 Å². The molecule has 29 heavy (non-hydrogen) atoms. The summed E-state index contributed by atoms with van der Waals surface area (Å²) in [6.07, 6.45) is -1.16. The average Bonchev–Trinajstić information content (AvgIpc) is 2.71. The van der Waals surface area contributed by atoms with Gasteiger partial charge in [0.25, 0.3) is 5.56 Å². The maximum Gasteiger partial charge on any atom is 0.280 e. The number of aliphatic hydroxyl groups is 1. The molecule has 0 saturated carbocycles. The molecule has 3 rings (SSSR count). The molecule has 0 aliphatic carbocycles. The van der Waals surface area contributed by atoms with E-state index in [1.165, 1.54) is 4.68 Å². The molecular formula is C23H29N3O3. The van der Waals surface area contributed by atoms with Gasteiger partial charge in [0.1, 0.15) is 12.2 Å². The van der Waals surface area contributed by atoms with Crippen molar-refractivity contribution in [3.63, 3.8) is 0 Å². The lowest BCUT2D eigenvalue weighted by Crippen LogP contribution is -2.38. The van der Waals surface area contributed by atoms with Gasteiger partial charge in [0.2, 0.25) is 0 Å². The Morgan fingerprint density at radius 3 is 2.41 bits per heavy atom. The molecule has 0 aliphatic rings. The van der Waals surface area contributed by atoms with Crippen molar-refractivity contribution in [2.45, 2.75) is 39.9 Å². The molecular weight excluding hydrogens is 366 g/mol. The topological polar surface area (TPSA) is 76.4 Å². The molecule has 0 aliphatic heterocycles. The zero-order chi connectivity index (χ0) is 21.0. The molecule has 6 heteroatoms. The maximum absolute atomic E-state index is 13.2. The van der Waals surface area contributed by atoms with Crippen LogP contribution in [0.3, 0.4) is 0 Å². The Morgan fingerprint density at radius 2 is 1.76 bits per heavy atom. The van der Waals surface area contributed by atoms with Gasteiger partial charge in [0.05, 0.1) is 17.4 Å². The van der Waals surface area contributed by atoms with Crippen molar-refractivity contribution in [1.29, 1.82) is 0 Å². The first-order valence-electron chi connectivity index (χ1n) is 9.93. The van der Waals surface area contributed by atoms with E-state index in [-0.39, 0.29) is 11.7 Å². The minimum Gasteiger partial charge on any atom is -0.385 e. The van der Waals surface area contributed by atoms with Gasteiger partial charge in [-0.1, -0.05) is 63.2 Å². The van der Waals surface area contributed by atoms with Crippen LogP contribution in [0.25, 0.3) is 10.9 Å². The molecule has 2 atom stereocenters. The molecule has 0 saturated heterocycles. The summed E-state index contributed by atoms with van der Waals surface area (Å²) in [5.74, 6) is 0.296. The zero-order valence-electron chi connectivity index (χ0n) is 17.4. The Morgan fingerprint density at radius 1 is 1.10 bits per heavy atom. The first-order chi connectivity index (χ1) is 13.8. The number of hydrogen-bond acceptors (Lipinski definition) is 5. The summed E-state index contributed by atoms with van der Waals surface area (Å²) in [5, 5.41) is 11.4. The number of ether oxygens (including phenoxy) is 1. The van der Waals surface area contributed by atoms with Crippen LogP contribution < -0.4 is 11.0 Å². The number of nitrogens with zero attached hydrogens (tertiary/aromatic N) is 2. The van der Waals surface area contributed by atoms with Crippen LogP contribution >= 0.6 is 0 Å². The molecule has 154 valence electrons. The highest BCUT2D eigenvalue weighted by atomic mass is 16.5. The number of aromatic nitrogens is 2. The van der Waals surface area contributed by atoms with Gasteiger partial charge in [-0.25, -0.2) is 9.66 Å². The van der Waals surface area contributed by atoms with Gasteiger partial charge in [-0.2, -0.15) is 0 Å². The second-order valence-electron chi connectivity index (χ2n) is 8.11. The molecule has 1 aromatic heterocycles. The van der Waals surface area contributed by atoms with Gasteiger partial charge in [0, 0.05) is 6.61 Å².